The number of halogens is 1. The molecule has 0 aliphatic rings. The van der Waals surface area contributed by atoms with Gasteiger partial charge >= 0.3 is 0 Å². The second kappa shape index (κ2) is 5.85. The average molecular weight is 313 g/mol. The molecule has 3 aromatic rings. The zero-order chi connectivity index (χ0) is 15.7. The molecule has 0 saturated carbocycles. The number of nitrogens with one attached hydrogen (secondary N) is 1. The van der Waals surface area contributed by atoms with Crippen molar-refractivity contribution in [1.29, 1.82) is 0 Å². The maximum atomic E-state index is 13.4. The molecule has 1 aromatic carbocycles. The van der Waals surface area contributed by atoms with E-state index in [2.05, 4.69) is 15.3 Å². The summed E-state index contributed by atoms with van der Waals surface area (Å²) in [4.78, 5) is 10.0. The van der Waals surface area contributed by atoms with Gasteiger partial charge < -0.3 is 5.32 Å². The first kappa shape index (κ1) is 14.7. The van der Waals surface area contributed by atoms with Crippen molar-refractivity contribution >= 4 is 22.3 Å². The molecule has 0 spiro atoms. The Balaban J connectivity index is 1.90. The van der Waals surface area contributed by atoms with Crippen LogP contribution in [-0.2, 0) is 0 Å². The van der Waals surface area contributed by atoms with Crippen molar-refractivity contribution in [2.45, 2.75) is 20.8 Å². The molecule has 3 rings (SSSR count). The Morgan fingerprint density at radius 1 is 1.09 bits per heavy atom. The fourth-order valence-electron chi connectivity index (χ4n) is 2.16. The lowest BCUT2D eigenvalue weighted by Crippen LogP contribution is -1.93. The van der Waals surface area contributed by atoms with Crippen molar-refractivity contribution in [2.75, 3.05) is 5.32 Å². The maximum absolute atomic E-state index is 13.4. The fourth-order valence-corrected chi connectivity index (χ4v) is 3.00. The number of thiazole rings is 1. The number of aryl methyl sites for hydroxylation is 3. The van der Waals surface area contributed by atoms with Crippen molar-refractivity contribution in [3.63, 3.8) is 0 Å². The Hall–Kier alpha value is -2.27. The van der Waals surface area contributed by atoms with Crippen LogP contribution in [0.15, 0.2) is 36.5 Å². The van der Waals surface area contributed by atoms with Gasteiger partial charge in [0.15, 0.2) is 5.13 Å². The zero-order valence-corrected chi connectivity index (χ0v) is 13.5. The van der Waals surface area contributed by atoms with E-state index in [1.165, 1.54) is 6.07 Å². The van der Waals surface area contributed by atoms with E-state index in [1.54, 1.807) is 24.3 Å². The molecular weight excluding hydrogens is 297 g/mol. The standard InChI is InChI=1S/C17H16FN3S/c1-10-4-7-15(19-9-10)20-17-21-16(12(3)22-17)13-5-6-14(18)11(2)8-13/h4-9H,1-3H3,(H,19,20,21). The van der Waals surface area contributed by atoms with E-state index >= 15 is 0 Å². The van der Waals surface area contributed by atoms with Gasteiger partial charge in [0.25, 0.3) is 0 Å². The molecule has 0 aliphatic carbocycles. The number of anilines is 2. The lowest BCUT2D eigenvalue weighted by Gasteiger charge is -2.02. The topological polar surface area (TPSA) is 37.8 Å². The fraction of sp³-hybridized carbons (Fsp3) is 0.176. The summed E-state index contributed by atoms with van der Waals surface area (Å²) in [6.45, 7) is 5.77. The van der Waals surface area contributed by atoms with Gasteiger partial charge in [0, 0.05) is 16.6 Å². The Morgan fingerprint density at radius 2 is 1.91 bits per heavy atom. The highest BCUT2D eigenvalue weighted by atomic mass is 32.1. The summed E-state index contributed by atoms with van der Waals surface area (Å²) in [5.41, 5.74) is 3.54. The lowest BCUT2D eigenvalue weighted by atomic mass is 10.1. The molecular formula is C17H16FN3S. The predicted molar refractivity (Wildman–Crippen MR) is 89.2 cm³/mol. The van der Waals surface area contributed by atoms with Crippen LogP contribution in [0, 0.1) is 26.6 Å². The summed E-state index contributed by atoms with van der Waals surface area (Å²) in [5, 5.41) is 3.99. The van der Waals surface area contributed by atoms with Crippen LogP contribution in [0.3, 0.4) is 0 Å². The molecule has 0 saturated heterocycles. The van der Waals surface area contributed by atoms with E-state index in [0.717, 1.165) is 32.6 Å². The molecule has 22 heavy (non-hydrogen) atoms. The SMILES string of the molecule is Cc1ccc(Nc2nc(-c3ccc(F)c(C)c3)c(C)s2)nc1. The average Bonchev–Trinajstić information content (AvgIpc) is 2.85. The number of pyridine rings is 1. The third-order valence-corrected chi connectivity index (χ3v) is 4.26. The van der Waals surface area contributed by atoms with E-state index in [-0.39, 0.29) is 5.82 Å². The summed E-state index contributed by atoms with van der Waals surface area (Å²) in [5.74, 6) is 0.569. The van der Waals surface area contributed by atoms with Crippen molar-refractivity contribution in [3.8, 4) is 11.3 Å². The Labute approximate surface area is 132 Å². The van der Waals surface area contributed by atoms with E-state index < -0.39 is 0 Å². The zero-order valence-electron chi connectivity index (χ0n) is 12.6. The minimum absolute atomic E-state index is 0.196. The van der Waals surface area contributed by atoms with Crippen LogP contribution in [0.2, 0.25) is 0 Å². The van der Waals surface area contributed by atoms with Crippen molar-refractivity contribution in [2.24, 2.45) is 0 Å². The Kier molecular flexibility index (Phi) is 3.90. The molecule has 2 aromatic heterocycles. The molecule has 2 heterocycles. The number of nitrogens with zero attached hydrogens (tertiary/aromatic N) is 2. The molecule has 5 heteroatoms. The maximum Gasteiger partial charge on any atom is 0.189 e. The molecule has 0 radical (unpaired) electrons. The number of aromatic nitrogens is 2. The second-order valence-electron chi connectivity index (χ2n) is 5.23. The number of benzene rings is 1. The van der Waals surface area contributed by atoms with Crippen LogP contribution < -0.4 is 5.32 Å². The van der Waals surface area contributed by atoms with E-state index in [9.17, 15) is 4.39 Å². The van der Waals surface area contributed by atoms with Gasteiger partial charge in [-0.2, -0.15) is 0 Å². The summed E-state index contributed by atoms with van der Waals surface area (Å²) < 4.78 is 13.4. The summed E-state index contributed by atoms with van der Waals surface area (Å²) in [6, 6.07) is 9.00. The molecule has 0 amide bonds. The largest absolute Gasteiger partial charge is 0.316 e. The van der Waals surface area contributed by atoms with Gasteiger partial charge in [0.05, 0.1) is 5.69 Å². The summed E-state index contributed by atoms with van der Waals surface area (Å²) in [7, 11) is 0. The summed E-state index contributed by atoms with van der Waals surface area (Å²) >= 11 is 1.56. The van der Waals surface area contributed by atoms with Crippen molar-refractivity contribution < 1.29 is 4.39 Å². The first-order valence-corrected chi connectivity index (χ1v) is 7.78. The van der Waals surface area contributed by atoms with Gasteiger partial charge in [-0.05, 0) is 56.2 Å². The third-order valence-electron chi connectivity index (χ3n) is 3.37. The number of hydrogen-bond donors (Lipinski definition) is 1. The highest BCUT2D eigenvalue weighted by Gasteiger charge is 2.11. The van der Waals surface area contributed by atoms with Crippen LogP contribution in [0.4, 0.5) is 15.3 Å². The molecule has 0 unspecified atom stereocenters. The van der Waals surface area contributed by atoms with Crippen LogP contribution >= 0.6 is 11.3 Å². The van der Waals surface area contributed by atoms with Crippen LogP contribution in [0.1, 0.15) is 16.0 Å². The van der Waals surface area contributed by atoms with E-state index in [0.29, 0.717) is 5.56 Å². The van der Waals surface area contributed by atoms with Crippen LogP contribution in [-0.4, -0.2) is 9.97 Å². The molecule has 112 valence electrons. The van der Waals surface area contributed by atoms with Crippen LogP contribution in [0.25, 0.3) is 11.3 Å². The van der Waals surface area contributed by atoms with Gasteiger partial charge in [-0.15, -0.1) is 11.3 Å². The van der Waals surface area contributed by atoms with Gasteiger partial charge in [-0.25, -0.2) is 14.4 Å². The number of hydrogen-bond acceptors (Lipinski definition) is 4. The van der Waals surface area contributed by atoms with Gasteiger partial charge in [0.2, 0.25) is 0 Å². The Morgan fingerprint density at radius 3 is 2.59 bits per heavy atom. The minimum atomic E-state index is -0.196. The monoisotopic (exact) mass is 313 g/mol. The lowest BCUT2D eigenvalue weighted by molar-refractivity contribution is 0.619. The predicted octanol–water partition coefficient (Wildman–Crippen LogP) is 5.01. The summed E-state index contributed by atoms with van der Waals surface area (Å²) in [6.07, 6.45) is 1.81. The minimum Gasteiger partial charge on any atom is -0.316 e. The van der Waals surface area contributed by atoms with E-state index in [1.807, 2.05) is 38.2 Å². The third kappa shape index (κ3) is 2.99. The quantitative estimate of drug-likeness (QED) is 0.738. The molecule has 0 atom stereocenters. The first-order valence-electron chi connectivity index (χ1n) is 6.96. The molecule has 3 nitrogen and oxygen atoms in total. The molecule has 0 bridgehead atoms. The molecule has 1 N–H and O–H groups in total. The smallest absolute Gasteiger partial charge is 0.189 e. The first-order chi connectivity index (χ1) is 10.5. The Bertz CT molecular complexity index is 809. The molecule has 0 fully saturated rings. The highest BCUT2D eigenvalue weighted by molar-refractivity contribution is 7.16. The molecule has 0 aliphatic heterocycles. The van der Waals surface area contributed by atoms with Crippen LogP contribution in [0.5, 0.6) is 0 Å². The van der Waals surface area contributed by atoms with Crippen molar-refractivity contribution in [1.82, 2.24) is 9.97 Å². The van der Waals surface area contributed by atoms with Gasteiger partial charge in [-0.3, -0.25) is 0 Å². The van der Waals surface area contributed by atoms with Crippen molar-refractivity contribution in [3.05, 3.63) is 58.3 Å². The van der Waals surface area contributed by atoms with E-state index in [4.69, 9.17) is 0 Å². The van der Waals surface area contributed by atoms with Gasteiger partial charge in [-0.1, -0.05) is 6.07 Å². The second-order valence-corrected chi connectivity index (χ2v) is 6.44. The van der Waals surface area contributed by atoms with Gasteiger partial charge in [0.1, 0.15) is 11.6 Å². The number of rotatable bonds is 3. The normalized spacial score (nSPS) is 10.7. The highest BCUT2D eigenvalue weighted by Crippen LogP contribution is 2.32.